The molecule has 100 valence electrons. The number of para-hydroxylation sites is 1. The fraction of sp³-hybridized carbons (Fsp3) is 0.308. The van der Waals surface area contributed by atoms with Gasteiger partial charge < -0.3 is 15.3 Å². The Morgan fingerprint density at radius 3 is 2.68 bits per heavy atom. The zero-order chi connectivity index (χ0) is 14.3. The quantitative estimate of drug-likeness (QED) is 0.764. The van der Waals surface area contributed by atoms with Crippen LogP contribution in [0.3, 0.4) is 0 Å². The molecular weight excluding hydrogens is 246 g/mol. The standard InChI is InChI=1S/C13H15N3O3/c1-2-16(7-8-17)13(19)12(18)15-11-6-4-3-5-10(11)9-14/h3-6,17H,2,7-8H2,1H3,(H,15,18). The molecule has 19 heavy (non-hydrogen) atoms. The summed E-state index contributed by atoms with van der Waals surface area (Å²) in [5.74, 6) is -1.55. The molecular formula is C13H15N3O3. The summed E-state index contributed by atoms with van der Waals surface area (Å²) >= 11 is 0. The lowest BCUT2D eigenvalue weighted by Crippen LogP contribution is -2.41. The second-order valence-corrected chi connectivity index (χ2v) is 3.72. The van der Waals surface area contributed by atoms with E-state index in [2.05, 4.69) is 5.32 Å². The Kier molecular flexibility index (Phi) is 5.51. The summed E-state index contributed by atoms with van der Waals surface area (Å²) in [7, 11) is 0. The highest BCUT2D eigenvalue weighted by Crippen LogP contribution is 2.13. The topological polar surface area (TPSA) is 93.4 Å². The van der Waals surface area contributed by atoms with Gasteiger partial charge in [0.1, 0.15) is 6.07 Å². The van der Waals surface area contributed by atoms with Crippen LogP contribution in [0.4, 0.5) is 5.69 Å². The predicted octanol–water partition coefficient (Wildman–Crippen LogP) is 0.338. The van der Waals surface area contributed by atoms with Crippen molar-refractivity contribution in [2.24, 2.45) is 0 Å². The van der Waals surface area contributed by atoms with Crippen molar-refractivity contribution < 1.29 is 14.7 Å². The van der Waals surface area contributed by atoms with Crippen molar-refractivity contribution >= 4 is 17.5 Å². The molecule has 0 saturated heterocycles. The summed E-state index contributed by atoms with van der Waals surface area (Å²) in [6.07, 6.45) is 0. The lowest BCUT2D eigenvalue weighted by atomic mass is 10.2. The van der Waals surface area contributed by atoms with E-state index in [-0.39, 0.29) is 18.7 Å². The van der Waals surface area contributed by atoms with Crippen molar-refractivity contribution in [1.29, 1.82) is 5.26 Å². The van der Waals surface area contributed by atoms with E-state index in [1.807, 2.05) is 6.07 Å². The van der Waals surface area contributed by atoms with Gasteiger partial charge in [-0.2, -0.15) is 5.26 Å². The second-order valence-electron chi connectivity index (χ2n) is 3.72. The van der Waals surface area contributed by atoms with Crippen molar-refractivity contribution in [1.82, 2.24) is 4.90 Å². The van der Waals surface area contributed by atoms with Gasteiger partial charge in [-0.05, 0) is 19.1 Å². The first-order chi connectivity index (χ1) is 9.13. The molecule has 2 amide bonds. The summed E-state index contributed by atoms with van der Waals surface area (Å²) in [6, 6.07) is 8.35. The van der Waals surface area contributed by atoms with Gasteiger partial charge >= 0.3 is 11.8 Å². The van der Waals surface area contributed by atoms with Crippen LogP contribution >= 0.6 is 0 Å². The van der Waals surface area contributed by atoms with Crippen LogP contribution in [-0.2, 0) is 9.59 Å². The van der Waals surface area contributed by atoms with Crippen LogP contribution < -0.4 is 5.32 Å². The van der Waals surface area contributed by atoms with Gasteiger partial charge in [0.2, 0.25) is 0 Å². The number of amides is 2. The Balaban J connectivity index is 2.79. The maximum atomic E-state index is 11.8. The zero-order valence-corrected chi connectivity index (χ0v) is 10.6. The molecule has 6 heteroatoms. The minimum Gasteiger partial charge on any atom is -0.395 e. The lowest BCUT2D eigenvalue weighted by molar-refractivity contribution is -0.143. The first kappa shape index (κ1) is 14.7. The number of carbonyl (C=O) groups excluding carboxylic acids is 2. The third-order valence-electron chi connectivity index (χ3n) is 2.53. The van der Waals surface area contributed by atoms with E-state index in [4.69, 9.17) is 10.4 Å². The van der Waals surface area contributed by atoms with Crippen LogP contribution in [-0.4, -0.2) is 41.5 Å². The summed E-state index contributed by atoms with van der Waals surface area (Å²) < 4.78 is 0. The van der Waals surface area contributed by atoms with Gasteiger partial charge in [0.05, 0.1) is 17.9 Å². The van der Waals surface area contributed by atoms with Crippen LogP contribution in [0.15, 0.2) is 24.3 Å². The molecule has 0 saturated carbocycles. The molecule has 6 nitrogen and oxygen atoms in total. The zero-order valence-electron chi connectivity index (χ0n) is 10.6. The van der Waals surface area contributed by atoms with Crippen LogP contribution in [0.2, 0.25) is 0 Å². The molecule has 0 spiro atoms. The number of aliphatic hydroxyl groups excluding tert-OH is 1. The number of rotatable bonds is 4. The van der Waals surface area contributed by atoms with Crippen LogP contribution in [0, 0.1) is 11.3 Å². The minimum atomic E-state index is -0.821. The summed E-state index contributed by atoms with van der Waals surface area (Å²) in [5.41, 5.74) is 0.581. The third-order valence-corrected chi connectivity index (χ3v) is 2.53. The van der Waals surface area contributed by atoms with E-state index in [0.29, 0.717) is 12.2 Å². The lowest BCUT2D eigenvalue weighted by Gasteiger charge is -2.18. The third kappa shape index (κ3) is 3.79. The fourth-order valence-electron chi connectivity index (χ4n) is 1.53. The molecule has 1 aromatic carbocycles. The summed E-state index contributed by atoms with van der Waals surface area (Å²) in [6.45, 7) is 1.93. The number of nitriles is 1. The molecule has 0 heterocycles. The minimum absolute atomic E-state index is 0.0999. The van der Waals surface area contributed by atoms with Crippen LogP contribution in [0.25, 0.3) is 0 Å². The average Bonchev–Trinajstić information content (AvgIpc) is 2.44. The van der Waals surface area contributed by atoms with E-state index >= 15 is 0 Å². The Labute approximate surface area is 111 Å². The summed E-state index contributed by atoms with van der Waals surface area (Å²) in [5, 5.41) is 20.1. The molecule has 0 aliphatic rings. The van der Waals surface area contributed by atoms with E-state index in [1.54, 1.807) is 31.2 Å². The highest BCUT2D eigenvalue weighted by atomic mass is 16.3. The Morgan fingerprint density at radius 1 is 1.42 bits per heavy atom. The van der Waals surface area contributed by atoms with Crippen molar-refractivity contribution in [3.8, 4) is 6.07 Å². The normalized spacial score (nSPS) is 9.53. The second kappa shape index (κ2) is 7.13. The molecule has 0 unspecified atom stereocenters. The number of carbonyl (C=O) groups is 2. The number of nitrogens with one attached hydrogen (secondary N) is 1. The largest absolute Gasteiger partial charge is 0.395 e. The number of anilines is 1. The number of nitrogens with zero attached hydrogens (tertiary/aromatic N) is 2. The van der Waals surface area contributed by atoms with Gasteiger partial charge in [0.25, 0.3) is 0 Å². The van der Waals surface area contributed by atoms with E-state index in [1.165, 1.54) is 4.90 Å². The first-order valence-electron chi connectivity index (χ1n) is 5.84. The van der Waals surface area contributed by atoms with E-state index in [0.717, 1.165) is 0 Å². The predicted molar refractivity (Wildman–Crippen MR) is 69.1 cm³/mol. The van der Waals surface area contributed by atoms with Gasteiger partial charge in [-0.25, -0.2) is 0 Å². The first-order valence-corrected chi connectivity index (χ1v) is 5.84. The van der Waals surface area contributed by atoms with Gasteiger partial charge in [0.15, 0.2) is 0 Å². The van der Waals surface area contributed by atoms with Gasteiger partial charge in [-0.3, -0.25) is 9.59 Å². The molecule has 0 aromatic heterocycles. The Morgan fingerprint density at radius 2 is 2.11 bits per heavy atom. The van der Waals surface area contributed by atoms with Crippen LogP contribution in [0.5, 0.6) is 0 Å². The average molecular weight is 261 g/mol. The maximum absolute atomic E-state index is 11.8. The van der Waals surface area contributed by atoms with E-state index < -0.39 is 11.8 Å². The molecule has 0 radical (unpaired) electrons. The van der Waals surface area contributed by atoms with Gasteiger partial charge in [0, 0.05) is 13.1 Å². The molecule has 1 aromatic rings. The molecule has 0 bridgehead atoms. The number of hydrogen-bond acceptors (Lipinski definition) is 4. The van der Waals surface area contributed by atoms with Gasteiger partial charge in [-0.15, -0.1) is 0 Å². The number of aliphatic hydroxyl groups is 1. The molecule has 0 aliphatic carbocycles. The monoisotopic (exact) mass is 261 g/mol. The number of likely N-dealkylation sites (N-methyl/N-ethyl adjacent to an activating group) is 1. The Bertz CT molecular complexity index is 508. The number of hydrogen-bond donors (Lipinski definition) is 2. The molecule has 0 atom stereocenters. The molecule has 0 fully saturated rings. The van der Waals surface area contributed by atoms with Crippen molar-refractivity contribution in [3.63, 3.8) is 0 Å². The van der Waals surface area contributed by atoms with Crippen molar-refractivity contribution in [2.75, 3.05) is 25.0 Å². The highest BCUT2D eigenvalue weighted by molar-refractivity contribution is 6.39. The summed E-state index contributed by atoms with van der Waals surface area (Å²) in [4.78, 5) is 24.8. The van der Waals surface area contributed by atoms with Crippen molar-refractivity contribution in [3.05, 3.63) is 29.8 Å². The van der Waals surface area contributed by atoms with E-state index in [9.17, 15) is 9.59 Å². The number of benzene rings is 1. The van der Waals surface area contributed by atoms with Gasteiger partial charge in [-0.1, -0.05) is 12.1 Å². The van der Waals surface area contributed by atoms with Crippen molar-refractivity contribution in [2.45, 2.75) is 6.92 Å². The molecule has 2 N–H and O–H groups in total. The van der Waals surface area contributed by atoms with Crippen LogP contribution in [0.1, 0.15) is 12.5 Å². The highest BCUT2D eigenvalue weighted by Gasteiger charge is 2.20. The Hall–Kier alpha value is -2.39. The maximum Gasteiger partial charge on any atom is 0.313 e. The molecule has 0 aliphatic heterocycles. The molecule has 1 rings (SSSR count). The SMILES string of the molecule is CCN(CCO)C(=O)C(=O)Nc1ccccc1C#N. The smallest absolute Gasteiger partial charge is 0.313 e. The fourth-order valence-corrected chi connectivity index (χ4v) is 1.53.